The Kier molecular flexibility index (Phi) is 4.13. The molecule has 0 saturated carbocycles. The molecule has 0 atom stereocenters. The Morgan fingerprint density at radius 2 is 1.75 bits per heavy atom. The second-order valence-electron chi connectivity index (χ2n) is 4.48. The van der Waals surface area contributed by atoms with Gasteiger partial charge in [-0.3, -0.25) is 0 Å². The van der Waals surface area contributed by atoms with Crippen LogP contribution in [0.2, 0.25) is 0 Å². The Bertz CT molecular complexity index is 719. The van der Waals surface area contributed by atoms with E-state index in [1.54, 1.807) is 0 Å². The van der Waals surface area contributed by atoms with E-state index >= 15 is 0 Å². The molecule has 4 heteroatoms. The summed E-state index contributed by atoms with van der Waals surface area (Å²) in [6, 6.07) is 16.3. The highest BCUT2D eigenvalue weighted by molar-refractivity contribution is 9.11. The molecule has 0 amide bonds. The highest BCUT2D eigenvalue weighted by Crippen LogP contribution is 2.24. The SMILES string of the molecule is Brc1ccc(OCCn2ccc3c(Br)cccc32)cc1. The van der Waals surface area contributed by atoms with Crippen molar-refractivity contribution in [2.24, 2.45) is 0 Å². The summed E-state index contributed by atoms with van der Waals surface area (Å²) in [5, 5.41) is 1.23. The number of aromatic nitrogens is 1. The van der Waals surface area contributed by atoms with E-state index in [9.17, 15) is 0 Å². The van der Waals surface area contributed by atoms with Gasteiger partial charge in [-0.25, -0.2) is 0 Å². The molecule has 0 unspecified atom stereocenters. The minimum Gasteiger partial charge on any atom is -0.492 e. The van der Waals surface area contributed by atoms with Gasteiger partial charge in [0.25, 0.3) is 0 Å². The first-order valence-electron chi connectivity index (χ1n) is 6.36. The summed E-state index contributed by atoms with van der Waals surface area (Å²) in [6.45, 7) is 1.48. The zero-order chi connectivity index (χ0) is 13.9. The van der Waals surface area contributed by atoms with E-state index in [2.05, 4.69) is 66.9 Å². The molecule has 0 aliphatic heterocycles. The lowest BCUT2D eigenvalue weighted by atomic mass is 10.2. The number of nitrogens with zero attached hydrogens (tertiary/aromatic N) is 1. The van der Waals surface area contributed by atoms with Gasteiger partial charge in [0.2, 0.25) is 0 Å². The van der Waals surface area contributed by atoms with Gasteiger partial charge in [0.05, 0.1) is 6.54 Å². The molecule has 0 spiro atoms. The third-order valence-electron chi connectivity index (χ3n) is 3.18. The lowest BCUT2D eigenvalue weighted by Crippen LogP contribution is -2.07. The number of fused-ring (bicyclic) bond motifs is 1. The van der Waals surface area contributed by atoms with Crippen molar-refractivity contribution in [3.05, 3.63) is 63.7 Å². The van der Waals surface area contributed by atoms with Gasteiger partial charge in [0, 0.05) is 26.0 Å². The molecule has 3 rings (SSSR count). The van der Waals surface area contributed by atoms with Crippen LogP contribution in [0.1, 0.15) is 0 Å². The van der Waals surface area contributed by atoms with Gasteiger partial charge in [-0.15, -0.1) is 0 Å². The van der Waals surface area contributed by atoms with Gasteiger partial charge < -0.3 is 9.30 Å². The average Bonchev–Trinajstić information content (AvgIpc) is 2.86. The molecule has 2 nitrogen and oxygen atoms in total. The minimum absolute atomic E-state index is 0.651. The Hall–Kier alpha value is -1.26. The fourth-order valence-electron chi connectivity index (χ4n) is 2.17. The maximum Gasteiger partial charge on any atom is 0.119 e. The van der Waals surface area contributed by atoms with E-state index in [1.165, 1.54) is 10.9 Å². The summed E-state index contributed by atoms with van der Waals surface area (Å²) in [7, 11) is 0. The molecule has 0 saturated heterocycles. The second-order valence-corrected chi connectivity index (χ2v) is 6.25. The maximum atomic E-state index is 5.76. The van der Waals surface area contributed by atoms with Crippen molar-refractivity contribution in [2.45, 2.75) is 6.54 Å². The molecule has 102 valence electrons. The lowest BCUT2D eigenvalue weighted by molar-refractivity contribution is 0.300. The fraction of sp³-hybridized carbons (Fsp3) is 0.125. The zero-order valence-corrected chi connectivity index (χ0v) is 13.9. The normalized spacial score (nSPS) is 10.9. The van der Waals surface area contributed by atoms with Crippen LogP contribution in [0, 0.1) is 0 Å². The van der Waals surface area contributed by atoms with Crippen molar-refractivity contribution in [3.63, 3.8) is 0 Å². The largest absolute Gasteiger partial charge is 0.492 e. The van der Waals surface area contributed by atoms with E-state index in [0.717, 1.165) is 21.2 Å². The molecule has 20 heavy (non-hydrogen) atoms. The first-order chi connectivity index (χ1) is 9.74. The Labute approximate surface area is 134 Å². The number of ether oxygens (including phenoxy) is 1. The van der Waals surface area contributed by atoms with Crippen molar-refractivity contribution < 1.29 is 4.74 Å². The smallest absolute Gasteiger partial charge is 0.119 e. The summed E-state index contributed by atoms with van der Waals surface area (Å²) in [5.74, 6) is 0.894. The fourth-order valence-corrected chi connectivity index (χ4v) is 2.93. The first kappa shape index (κ1) is 13.7. The third kappa shape index (κ3) is 2.91. The van der Waals surface area contributed by atoms with Crippen LogP contribution in [0.4, 0.5) is 0 Å². The second kappa shape index (κ2) is 6.02. The van der Waals surface area contributed by atoms with Crippen LogP contribution in [-0.2, 0) is 6.54 Å². The van der Waals surface area contributed by atoms with Gasteiger partial charge in [-0.2, -0.15) is 0 Å². The summed E-state index contributed by atoms with van der Waals surface area (Å²) in [6.07, 6.45) is 2.10. The van der Waals surface area contributed by atoms with Gasteiger partial charge in [0.15, 0.2) is 0 Å². The molecule has 3 aromatic rings. The number of benzene rings is 2. The van der Waals surface area contributed by atoms with E-state index in [-0.39, 0.29) is 0 Å². The molecule has 0 radical (unpaired) electrons. The topological polar surface area (TPSA) is 14.2 Å². The number of hydrogen-bond acceptors (Lipinski definition) is 1. The summed E-state index contributed by atoms with van der Waals surface area (Å²) >= 11 is 6.99. The lowest BCUT2D eigenvalue weighted by Gasteiger charge is -2.08. The average molecular weight is 395 g/mol. The quantitative estimate of drug-likeness (QED) is 0.589. The van der Waals surface area contributed by atoms with Crippen LogP contribution >= 0.6 is 31.9 Å². The maximum absolute atomic E-state index is 5.76. The van der Waals surface area contributed by atoms with Crippen molar-refractivity contribution in [3.8, 4) is 5.75 Å². The Morgan fingerprint density at radius 1 is 0.950 bits per heavy atom. The molecule has 1 heterocycles. The van der Waals surface area contributed by atoms with Gasteiger partial charge in [0.1, 0.15) is 12.4 Å². The summed E-state index contributed by atoms with van der Waals surface area (Å²) < 4.78 is 10.2. The molecular formula is C16H13Br2NO. The highest BCUT2D eigenvalue weighted by atomic mass is 79.9. The zero-order valence-electron chi connectivity index (χ0n) is 10.7. The monoisotopic (exact) mass is 393 g/mol. The van der Waals surface area contributed by atoms with Crippen LogP contribution in [0.25, 0.3) is 10.9 Å². The summed E-state index contributed by atoms with van der Waals surface area (Å²) in [5.41, 5.74) is 1.22. The van der Waals surface area contributed by atoms with E-state index in [1.807, 2.05) is 24.3 Å². The van der Waals surface area contributed by atoms with Crippen LogP contribution in [0.5, 0.6) is 5.75 Å². The van der Waals surface area contributed by atoms with Crippen LogP contribution in [0.3, 0.4) is 0 Å². The van der Waals surface area contributed by atoms with Crippen LogP contribution < -0.4 is 4.74 Å². The summed E-state index contributed by atoms with van der Waals surface area (Å²) in [4.78, 5) is 0. The van der Waals surface area contributed by atoms with Crippen molar-refractivity contribution in [1.29, 1.82) is 0 Å². The minimum atomic E-state index is 0.651. The Morgan fingerprint density at radius 3 is 2.55 bits per heavy atom. The van der Waals surface area contributed by atoms with Crippen LogP contribution in [-0.4, -0.2) is 11.2 Å². The molecule has 0 aliphatic carbocycles. The molecule has 0 bridgehead atoms. The standard InChI is InChI=1S/C16H13Br2NO/c17-12-4-6-13(7-5-12)20-11-10-19-9-8-14-15(18)2-1-3-16(14)19/h1-9H,10-11H2. The van der Waals surface area contributed by atoms with E-state index in [4.69, 9.17) is 4.74 Å². The number of rotatable bonds is 4. The van der Waals surface area contributed by atoms with E-state index < -0.39 is 0 Å². The van der Waals surface area contributed by atoms with Crippen molar-refractivity contribution >= 4 is 42.8 Å². The number of halogens is 2. The molecule has 0 N–H and O–H groups in total. The highest BCUT2D eigenvalue weighted by Gasteiger charge is 2.03. The van der Waals surface area contributed by atoms with Gasteiger partial charge in [-0.1, -0.05) is 37.9 Å². The van der Waals surface area contributed by atoms with Gasteiger partial charge in [-0.05, 0) is 42.5 Å². The molecule has 0 fully saturated rings. The van der Waals surface area contributed by atoms with E-state index in [0.29, 0.717) is 6.61 Å². The predicted molar refractivity (Wildman–Crippen MR) is 89.3 cm³/mol. The van der Waals surface area contributed by atoms with Crippen molar-refractivity contribution in [2.75, 3.05) is 6.61 Å². The van der Waals surface area contributed by atoms with Crippen LogP contribution in [0.15, 0.2) is 63.7 Å². The van der Waals surface area contributed by atoms with Gasteiger partial charge >= 0.3 is 0 Å². The first-order valence-corrected chi connectivity index (χ1v) is 7.94. The molecule has 0 aliphatic rings. The predicted octanol–water partition coefficient (Wildman–Crippen LogP) is 5.25. The molecule has 1 aromatic heterocycles. The van der Waals surface area contributed by atoms with Crippen molar-refractivity contribution in [1.82, 2.24) is 4.57 Å². The Balaban J connectivity index is 1.68. The molecular weight excluding hydrogens is 382 g/mol. The molecule has 2 aromatic carbocycles. The third-order valence-corrected chi connectivity index (χ3v) is 4.40. The number of hydrogen-bond donors (Lipinski definition) is 0.